The molecule has 0 fully saturated rings. The molecule has 5 nitrogen and oxygen atoms in total. The van der Waals surface area contributed by atoms with Crippen molar-refractivity contribution in [3.05, 3.63) is 17.0 Å². The van der Waals surface area contributed by atoms with E-state index in [1.807, 2.05) is 25.6 Å². The molecule has 0 aliphatic rings. The van der Waals surface area contributed by atoms with E-state index < -0.39 is 5.97 Å². The van der Waals surface area contributed by atoms with Crippen LogP contribution in [-0.4, -0.2) is 27.4 Å². The molecule has 2 N–H and O–H groups in total. The number of hydrogen-bond donors (Lipinski definition) is 2. The molecule has 1 heterocycles. The van der Waals surface area contributed by atoms with Gasteiger partial charge in [-0.1, -0.05) is 6.92 Å². The predicted octanol–water partition coefficient (Wildman–Crippen LogP) is 0.847. The first kappa shape index (κ1) is 12.7. The van der Waals surface area contributed by atoms with E-state index in [-0.39, 0.29) is 5.92 Å². The number of carbonyl (C=O) groups is 1. The fourth-order valence-electron chi connectivity index (χ4n) is 1.57. The van der Waals surface area contributed by atoms with E-state index in [9.17, 15) is 4.79 Å². The quantitative estimate of drug-likeness (QED) is 0.779. The third kappa shape index (κ3) is 2.82. The Hall–Kier alpha value is -1.36. The van der Waals surface area contributed by atoms with Crippen molar-refractivity contribution in [3.8, 4) is 0 Å². The van der Waals surface area contributed by atoms with Crippen LogP contribution in [0.4, 0.5) is 0 Å². The summed E-state index contributed by atoms with van der Waals surface area (Å²) in [6.45, 7) is 6.81. The monoisotopic (exact) mass is 225 g/mol. The number of nitrogens with one attached hydrogen (secondary N) is 1. The Bertz CT molecular complexity index is 385. The number of aryl methyl sites for hydroxylation is 2. The highest BCUT2D eigenvalue weighted by Gasteiger charge is 2.12. The second-order valence-corrected chi connectivity index (χ2v) is 4.14. The van der Waals surface area contributed by atoms with Gasteiger partial charge < -0.3 is 10.4 Å². The van der Waals surface area contributed by atoms with E-state index in [1.165, 1.54) is 0 Å². The van der Waals surface area contributed by atoms with Gasteiger partial charge in [-0.05, 0) is 13.8 Å². The molecule has 1 unspecified atom stereocenters. The number of nitrogens with zero attached hydrogens (tertiary/aromatic N) is 2. The SMILES string of the molecule is Cc1nn(C)c(C)c1CNCC(C)C(=O)O. The first-order valence-corrected chi connectivity index (χ1v) is 5.36. The van der Waals surface area contributed by atoms with Gasteiger partial charge in [-0.15, -0.1) is 0 Å². The van der Waals surface area contributed by atoms with Gasteiger partial charge in [0.25, 0.3) is 0 Å². The minimum absolute atomic E-state index is 0.364. The molecular weight excluding hydrogens is 206 g/mol. The highest BCUT2D eigenvalue weighted by molar-refractivity contribution is 5.69. The van der Waals surface area contributed by atoms with Crippen LogP contribution < -0.4 is 5.32 Å². The van der Waals surface area contributed by atoms with E-state index in [0.717, 1.165) is 17.0 Å². The summed E-state index contributed by atoms with van der Waals surface area (Å²) in [4.78, 5) is 10.6. The average Bonchev–Trinajstić information content (AvgIpc) is 2.44. The molecule has 1 aromatic rings. The first-order valence-electron chi connectivity index (χ1n) is 5.36. The van der Waals surface area contributed by atoms with Crippen LogP contribution in [0.15, 0.2) is 0 Å². The number of rotatable bonds is 5. The summed E-state index contributed by atoms with van der Waals surface area (Å²) < 4.78 is 1.84. The molecule has 0 aliphatic heterocycles. The minimum atomic E-state index is -0.771. The topological polar surface area (TPSA) is 67.2 Å². The van der Waals surface area contributed by atoms with E-state index >= 15 is 0 Å². The lowest BCUT2D eigenvalue weighted by Gasteiger charge is -2.08. The summed E-state index contributed by atoms with van der Waals surface area (Å²) in [5.74, 6) is -1.13. The minimum Gasteiger partial charge on any atom is -0.481 e. The van der Waals surface area contributed by atoms with Crippen LogP contribution in [-0.2, 0) is 18.4 Å². The van der Waals surface area contributed by atoms with Crippen molar-refractivity contribution in [1.82, 2.24) is 15.1 Å². The number of carboxylic acids is 1. The molecular formula is C11H19N3O2. The maximum atomic E-state index is 10.6. The van der Waals surface area contributed by atoms with Gasteiger partial charge in [0.15, 0.2) is 0 Å². The van der Waals surface area contributed by atoms with Gasteiger partial charge >= 0.3 is 5.97 Å². The molecule has 16 heavy (non-hydrogen) atoms. The zero-order valence-electron chi connectivity index (χ0n) is 10.2. The maximum Gasteiger partial charge on any atom is 0.307 e. The van der Waals surface area contributed by atoms with Gasteiger partial charge in [0.2, 0.25) is 0 Å². The number of hydrogen-bond acceptors (Lipinski definition) is 3. The highest BCUT2D eigenvalue weighted by Crippen LogP contribution is 2.11. The molecule has 0 spiro atoms. The molecule has 0 saturated carbocycles. The summed E-state index contributed by atoms with van der Waals surface area (Å²) >= 11 is 0. The Kier molecular flexibility index (Phi) is 4.06. The fraction of sp³-hybridized carbons (Fsp3) is 0.636. The van der Waals surface area contributed by atoms with Gasteiger partial charge in [0.05, 0.1) is 11.6 Å². The summed E-state index contributed by atoms with van der Waals surface area (Å²) in [5.41, 5.74) is 3.27. The molecule has 0 amide bonds. The van der Waals surface area contributed by atoms with Crippen LogP contribution in [0, 0.1) is 19.8 Å². The molecule has 1 rings (SSSR count). The Balaban J connectivity index is 2.52. The molecule has 0 aliphatic carbocycles. The Morgan fingerprint density at radius 2 is 2.19 bits per heavy atom. The lowest BCUT2D eigenvalue weighted by molar-refractivity contribution is -0.140. The third-order valence-electron chi connectivity index (χ3n) is 2.83. The van der Waals surface area contributed by atoms with E-state index in [2.05, 4.69) is 10.4 Å². The van der Waals surface area contributed by atoms with Crippen molar-refractivity contribution in [3.63, 3.8) is 0 Å². The molecule has 5 heteroatoms. The van der Waals surface area contributed by atoms with Crippen molar-refractivity contribution in [1.29, 1.82) is 0 Å². The zero-order valence-corrected chi connectivity index (χ0v) is 10.2. The summed E-state index contributed by atoms with van der Waals surface area (Å²) in [6, 6.07) is 0. The van der Waals surface area contributed by atoms with Crippen LogP contribution in [0.25, 0.3) is 0 Å². The number of aliphatic carboxylic acids is 1. The van der Waals surface area contributed by atoms with Crippen molar-refractivity contribution in [2.45, 2.75) is 27.3 Å². The predicted molar refractivity (Wildman–Crippen MR) is 61.2 cm³/mol. The van der Waals surface area contributed by atoms with Gasteiger partial charge in [-0.2, -0.15) is 5.10 Å². The fourth-order valence-corrected chi connectivity index (χ4v) is 1.57. The van der Waals surface area contributed by atoms with Crippen molar-refractivity contribution in [2.24, 2.45) is 13.0 Å². The molecule has 1 atom stereocenters. The first-order chi connectivity index (χ1) is 7.43. The molecule has 0 aromatic carbocycles. The molecule has 0 bridgehead atoms. The zero-order chi connectivity index (χ0) is 12.3. The van der Waals surface area contributed by atoms with E-state index in [1.54, 1.807) is 6.92 Å². The van der Waals surface area contributed by atoms with E-state index in [4.69, 9.17) is 5.11 Å². The highest BCUT2D eigenvalue weighted by atomic mass is 16.4. The number of aromatic nitrogens is 2. The maximum absolute atomic E-state index is 10.6. The van der Waals surface area contributed by atoms with Crippen LogP contribution in [0.5, 0.6) is 0 Å². The molecule has 0 radical (unpaired) electrons. The standard InChI is InChI=1S/C11H19N3O2/c1-7(11(15)16)5-12-6-10-8(2)13-14(4)9(10)3/h7,12H,5-6H2,1-4H3,(H,15,16). The largest absolute Gasteiger partial charge is 0.481 e. The molecule has 1 aromatic heterocycles. The third-order valence-corrected chi connectivity index (χ3v) is 2.83. The Morgan fingerprint density at radius 3 is 2.62 bits per heavy atom. The lowest BCUT2D eigenvalue weighted by atomic mass is 10.1. The average molecular weight is 225 g/mol. The van der Waals surface area contributed by atoms with Gasteiger partial charge in [0.1, 0.15) is 0 Å². The normalized spacial score (nSPS) is 12.8. The van der Waals surface area contributed by atoms with Gasteiger partial charge in [-0.25, -0.2) is 0 Å². The summed E-state index contributed by atoms with van der Waals surface area (Å²) in [5, 5.41) is 16.2. The van der Waals surface area contributed by atoms with E-state index in [0.29, 0.717) is 13.1 Å². The van der Waals surface area contributed by atoms with Crippen molar-refractivity contribution < 1.29 is 9.90 Å². The van der Waals surface area contributed by atoms with Crippen molar-refractivity contribution >= 4 is 5.97 Å². The second-order valence-electron chi connectivity index (χ2n) is 4.14. The van der Waals surface area contributed by atoms with Crippen LogP contribution in [0.1, 0.15) is 23.9 Å². The lowest BCUT2D eigenvalue weighted by Crippen LogP contribution is -2.26. The van der Waals surface area contributed by atoms with Gasteiger partial charge in [-0.3, -0.25) is 9.48 Å². The second kappa shape index (κ2) is 5.12. The smallest absolute Gasteiger partial charge is 0.307 e. The summed E-state index contributed by atoms with van der Waals surface area (Å²) in [6.07, 6.45) is 0. The van der Waals surface area contributed by atoms with Crippen LogP contribution in [0.2, 0.25) is 0 Å². The number of carboxylic acid groups (broad SMARTS) is 1. The summed E-state index contributed by atoms with van der Waals surface area (Å²) in [7, 11) is 1.91. The van der Waals surface area contributed by atoms with Crippen LogP contribution >= 0.6 is 0 Å². The molecule has 0 saturated heterocycles. The Labute approximate surface area is 95.5 Å². The van der Waals surface area contributed by atoms with Gasteiger partial charge in [0, 0.05) is 31.4 Å². The molecule has 90 valence electrons. The van der Waals surface area contributed by atoms with Crippen LogP contribution in [0.3, 0.4) is 0 Å². The van der Waals surface area contributed by atoms with Crippen molar-refractivity contribution in [2.75, 3.05) is 6.54 Å². The Morgan fingerprint density at radius 1 is 1.56 bits per heavy atom.